The number of carbonyl (C=O) groups excluding carboxylic acids is 1. The zero-order valence-electron chi connectivity index (χ0n) is 17.0. The van der Waals surface area contributed by atoms with Gasteiger partial charge in [0.15, 0.2) is 0 Å². The fraction of sp³-hybridized carbons (Fsp3) is 0.650. The van der Waals surface area contributed by atoms with E-state index >= 15 is 0 Å². The molecule has 2 atom stereocenters. The fourth-order valence-electron chi connectivity index (χ4n) is 2.84. The molecule has 1 amide bonds. The maximum atomic E-state index is 12.9. The van der Waals surface area contributed by atoms with E-state index in [4.69, 9.17) is 9.05 Å². The molecule has 0 unspecified atom stereocenters. The number of nitrogens with one attached hydrogen (secondary N) is 1. The summed E-state index contributed by atoms with van der Waals surface area (Å²) in [7, 11) is -3.37. The molecule has 0 spiro atoms. The van der Waals surface area contributed by atoms with Gasteiger partial charge in [0.2, 0.25) is 5.91 Å². The molecular formula is C20H34NO4P. The third-order valence-corrected chi connectivity index (χ3v) is 6.71. The van der Waals surface area contributed by atoms with Crippen LogP contribution in [-0.4, -0.2) is 24.9 Å². The average Bonchev–Trinajstić information content (AvgIpc) is 2.59. The zero-order valence-corrected chi connectivity index (χ0v) is 17.8. The van der Waals surface area contributed by atoms with E-state index in [1.54, 1.807) is 13.8 Å². The second kappa shape index (κ2) is 10.9. The summed E-state index contributed by atoms with van der Waals surface area (Å²) in [5.41, 5.74) is 2.20. The number of amides is 1. The molecule has 5 nitrogen and oxygen atoms in total. The average molecular weight is 383 g/mol. The zero-order chi connectivity index (χ0) is 19.7. The summed E-state index contributed by atoms with van der Waals surface area (Å²) >= 11 is 0. The standard InChI is InChI=1S/C20H34NO4P/c1-7-19(26(23,24-8-2)25-9-3)21-20(22)16(6)18-12-10-17(11-13-18)14-15(4)5/h10-13,15-16,19H,7-9,14H2,1-6H3,(H,21,22)/t16-,19-/m0/s1. The van der Waals surface area contributed by atoms with Crippen molar-refractivity contribution in [3.05, 3.63) is 35.4 Å². The first kappa shape index (κ1) is 22.9. The third-order valence-electron chi connectivity index (χ3n) is 4.21. The van der Waals surface area contributed by atoms with Crippen LogP contribution in [0.5, 0.6) is 0 Å². The van der Waals surface area contributed by atoms with Gasteiger partial charge in [0.1, 0.15) is 5.78 Å². The summed E-state index contributed by atoms with van der Waals surface area (Å²) in [5, 5.41) is 2.87. The Morgan fingerprint density at radius 2 is 1.58 bits per heavy atom. The van der Waals surface area contributed by atoms with Gasteiger partial charge in [-0.1, -0.05) is 45.0 Å². The summed E-state index contributed by atoms with van der Waals surface area (Å²) in [6.07, 6.45) is 1.49. The topological polar surface area (TPSA) is 64.6 Å². The van der Waals surface area contributed by atoms with Gasteiger partial charge < -0.3 is 14.4 Å². The molecule has 148 valence electrons. The van der Waals surface area contributed by atoms with Gasteiger partial charge in [0.25, 0.3) is 0 Å². The van der Waals surface area contributed by atoms with Gasteiger partial charge in [-0.2, -0.15) is 0 Å². The molecule has 1 rings (SSSR count). The van der Waals surface area contributed by atoms with Crippen LogP contribution >= 0.6 is 7.60 Å². The molecule has 0 saturated heterocycles. The van der Waals surface area contributed by atoms with Crippen LogP contribution < -0.4 is 5.32 Å². The third kappa shape index (κ3) is 6.53. The summed E-state index contributed by atoms with van der Waals surface area (Å²) in [4.78, 5) is 12.7. The minimum absolute atomic E-state index is 0.173. The lowest BCUT2D eigenvalue weighted by molar-refractivity contribution is -0.122. The highest BCUT2D eigenvalue weighted by molar-refractivity contribution is 7.54. The van der Waals surface area contributed by atoms with E-state index in [2.05, 4.69) is 31.3 Å². The van der Waals surface area contributed by atoms with E-state index in [0.717, 1.165) is 12.0 Å². The summed E-state index contributed by atoms with van der Waals surface area (Å²) in [6, 6.07) is 8.13. The van der Waals surface area contributed by atoms with Crippen molar-refractivity contribution in [1.29, 1.82) is 0 Å². The SMILES string of the molecule is CCOP(=O)(OCC)[C@@H](CC)NC(=O)[C@@H](C)c1ccc(CC(C)C)cc1. The first-order chi connectivity index (χ1) is 12.3. The van der Waals surface area contributed by atoms with Crippen LogP contribution in [0.2, 0.25) is 0 Å². The van der Waals surface area contributed by atoms with Crippen molar-refractivity contribution in [2.45, 2.75) is 66.1 Å². The van der Waals surface area contributed by atoms with Crippen LogP contribution in [0.15, 0.2) is 24.3 Å². The molecule has 0 radical (unpaired) electrons. The van der Waals surface area contributed by atoms with Gasteiger partial charge in [0, 0.05) is 0 Å². The second-order valence-corrected chi connectivity index (χ2v) is 9.09. The van der Waals surface area contributed by atoms with E-state index in [1.165, 1.54) is 5.56 Å². The lowest BCUT2D eigenvalue weighted by Crippen LogP contribution is -2.38. The van der Waals surface area contributed by atoms with Crippen molar-refractivity contribution < 1.29 is 18.4 Å². The summed E-state index contributed by atoms with van der Waals surface area (Å²) in [5.74, 6) is -0.558. The molecule has 0 bridgehead atoms. The van der Waals surface area contributed by atoms with Gasteiger partial charge in [-0.25, -0.2) is 0 Å². The molecule has 0 heterocycles. The Morgan fingerprint density at radius 3 is 2.00 bits per heavy atom. The van der Waals surface area contributed by atoms with Crippen molar-refractivity contribution >= 4 is 13.5 Å². The number of hydrogen-bond donors (Lipinski definition) is 1. The van der Waals surface area contributed by atoms with Crippen molar-refractivity contribution in [3.8, 4) is 0 Å². The number of hydrogen-bond acceptors (Lipinski definition) is 4. The molecule has 1 N–H and O–H groups in total. The highest BCUT2D eigenvalue weighted by Gasteiger charge is 2.36. The molecule has 6 heteroatoms. The highest BCUT2D eigenvalue weighted by atomic mass is 31.2. The Bertz CT molecular complexity index is 590. The molecular weight excluding hydrogens is 349 g/mol. The largest absolute Gasteiger partial charge is 0.352 e. The first-order valence-electron chi connectivity index (χ1n) is 9.55. The monoisotopic (exact) mass is 383 g/mol. The molecule has 1 aromatic carbocycles. The van der Waals surface area contributed by atoms with E-state index in [0.29, 0.717) is 12.3 Å². The van der Waals surface area contributed by atoms with Gasteiger partial charge in [-0.15, -0.1) is 0 Å². The van der Waals surface area contributed by atoms with Crippen LogP contribution in [-0.2, 0) is 24.8 Å². The highest BCUT2D eigenvalue weighted by Crippen LogP contribution is 2.53. The smallest absolute Gasteiger partial charge is 0.341 e. The summed E-state index contributed by atoms with van der Waals surface area (Å²) in [6.45, 7) is 12.2. The van der Waals surface area contributed by atoms with Crippen LogP contribution in [0.3, 0.4) is 0 Å². The minimum Gasteiger partial charge on any atom is -0.341 e. The molecule has 0 saturated carbocycles. The van der Waals surface area contributed by atoms with E-state index < -0.39 is 13.4 Å². The first-order valence-corrected chi connectivity index (χ1v) is 11.2. The van der Waals surface area contributed by atoms with Crippen LogP contribution in [0, 0.1) is 5.92 Å². The molecule has 0 aliphatic heterocycles. The lowest BCUT2D eigenvalue weighted by Gasteiger charge is -2.27. The Hall–Kier alpha value is -1.16. The van der Waals surface area contributed by atoms with E-state index in [-0.39, 0.29) is 25.0 Å². The molecule has 1 aromatic rings. The Morgan fingerprint density at radius 1 is 1.04 bits per heavy atom. The van der Waals surface area contributed by atoms with Gasteiger partial charge in [-0.3, -0.25) is 9.36 Å². The van der Waals surface area contributed by atoms with Crippen molar-refractivity contribution in [2.24, 2.45) is 5.92 Å². The van der Waals surface area contributed by atoms with Crippen molar-refractivity contribution in [1.82, 2.24) is 5.32 Å². The maximum absolute atomic E-state index is 12.9. The molecule has 0 aliphatic carbocycles. The lowest BCUT2D eigenvalue weighted by atomic mass is 9.96. The van der Waals surface area contributed by atoms with E-state index in [9.17, 15) is 9.36 Å². The second-order valence-electron chi connectivity index (χ2n) is 6.87. The maximum Gasteiger partial charge on any atom is 0.352 e. The normalized spacial score (nSPS) is 14.3. The minimum atomic E-state index is -3.37. The Balaban J connectivity index is 2.84. The molecule has 26 heavy (non-hydrogen) atoms. The van der Waals surface area contributed by atoms with Crippen LogP contribution in [0.1, 0.15) is 65.0 Å². The summed E-state index contributed by atoms with van der Waals surface area (Å²) < 4.78 is 23.7. The number of benzene rings is 1. The molecule has 0 aliphatic rings. The van der Waals surface area contributed by atoms with Crippen LogP contribution in [0.4, 0.5) is 0 Å². The number of rotatable bonds is 11. The van der Waals surface area contributed by atoms with Gasteiger partial charge in [0.05, 0.1) is 19.1 Å². The quantitative estimate of drug-likeness (QED) is 0.540. The predicted octanol–water partition coefficient (Wildman–Crippen LogP) is 5.11. The Kier molecular flexibility index (Phi) is 9.56. The molecule has 0 fully saturated rings. The number of carbonyl (C=O) groups is 1. The van der Waals surface area contributed by atoms with Gasteiger partial charge >= 0.3 is 7.60 Å². The van der Waals surface area contributed by atoms with Crippen molar-refractivity contribution in [3.63, 3.8) is 0 Å². The predicted molar refractivity (Wildman–Crippen MR) is 106 cm³/mol. The van der Waals surface area contributed by atoms with E-state index in [1.807, 2.05) is 26.0 Å². The van der Waals surface area contributed by atoms with Crippen LogP contribution in [0.25, 0.3) is 0 Å². The van der Waals surface area contributed by atoms with Gasteiger partial charge in [-0.05, 0) is 50.7 Å². The molecule has 0 aromatic heterocycles. The van der Waals surface area contributed by atoms with Crippen molar-refractivity contribution in [2.75, 3.05) is 13.2 Å². The Labute approximate surface area is 158 Å². The fourth-order valence-corrected chi connectivity index (χ4v) is 4.72.